The summed E-state index contributed by atoms with van der Waals surface area (Å²) in [5.74, 6) is 1.39. The van der Waals surface area contributed by atoms with E-state index >= 15 is 0 Å². The second-order valence-corrected chi connectivity index (χ2v) is 9.54. The Morgan fingerprint density at radius 1 is 0.487 bits per heavy atom. The van der Waals surface area contributed by atoms with E-state index in [1.807, 2.05) is 103 Å². The lowest BCUT2D eigenvalue weighted by Crippen LogP contribution is -2.05. The number of fused-ring (bicyclic) bond motifs is 9. The number of ketones is 1. The third-order valence-electron chi connectivity index (χ3n) is 7.25. The van der Waals surface area contributed by atoms with Gasteiger partial charge in [-0.2, -0.15) is 0 Å². The van der Waals surface area contributed by atoms with Gasteiger partial charge < -0.3 is 0 Å². The van der Waals surface area contributed by atoms with E-state index in [1.54, 1.807) is 0 Å². The molecule has 8 aromatic rings. The van der Waals surface area contributed by atoms with Crippen LogP contribution in [0.15, 0.2) is 127 Å². The SMILES string of the molecule is O=C(c1ccccc1)c1cccc(-n2c3nc4ccccc4n3c3ccccc3n3c4ccccc4nc23)c1. The van der Waals surface area contributed by atoms with Crippen molar-refractivity contribution >= 4 is 50.4 Å². The Bertz CT molecular complexity index is 2140. The summed E-state index contributed by atoms with van der Waals surface area (Å²) in [4.78, 5) is 23.7. The summed E-state index contributed by atoms with van der Waals surface area (Å²) in [5, 5.41) is 0. The highest BCUT2D eigenvalue weighted by atomic mass is 16.1. The van der Waals surface area contributed by atoms with Gasteiger partial charge in [-0.1, -0.05) is 78.9 Å². The zero-order chi connectivity index (χ0) is 25.9. The fraction of sp³-hybridized carbons (Fsp3) is 0. The van der Waals surface area contributed by atoms with E-state index < -0.39 is 0 Å². The van der Waals surface area contributed by atoms with Crippen LogP contribution >= 0.6 is 0 Å². The predicted molar refractivity (Wildman–Crippen MR) is 154 cm³/mol. The Labute approximate surface area is 222 Å². The summed E-state index contributed by atoms with van der Waals surface area (Å²) in [6.07, 6.45) is 0. The van der Waals surface area contributed by atoms with Crippen LogP contribution in [0.2, 0.25) is 0 Å². The zero-order valence-electron chi connectivity index (χ0n) is 20.8. The highest BCUT2D eigenvalue weighted by Gasteiger charge is 2.19. The van der Waals surface area contributed by atoms with Crippen molar-refractivity contribution < 1.29 is 4.79 Å². The Hall–Kier alpha value is -5.49. The van der Waals surface area contributed by atoms with Gasteiger partial charge in [-0.05, 0) is 48.5 Å². The Balaban J connectivity index is 1.58. The molecule has 0 bridgehead atoms. The smallest absolute Gasteiger partial charge is 0.223 e. The van der Waals surface area contributed by atoms with Gasteiger partial charge in [0.15, 0.2) is 5.78 Å². The van der Waals surface area contributed by atoms with E-state index in [-0.39, 0.29) is 5.78 Å². The molecular weight excluding hydrogens is 482 g/mol. The molecule has 0 unspecified atom stereocenters. The highest BCUT2D eigenvalue weighted by Crippen LogP contribution is 2.29. The number of rotatable bonds is 3. The summed E-state index contributed by atoms with van der Waals surface area (Å²) in [7, 11) is 0. The van der Waals surface area contributed by atoms with E-state index in [0.717, 1.165) is 38.8 Å². The number of hydrogen-bond acceptors (Lipinski definition) is 3. The third kappa shape index (κ3) is 3.18. The standard InChI is InChI=1S/C33H21N5O/c39-31(22-11-2-1-3-12-22)23-13-10-14-24(21-23)36-32-34-25-15-4-6-17-27(25)37(32)29-19-8-9-20-30(29)38-28-18-7-5-16-26(28)35-33(36)38/h1-21H. The molecule has 0 amide bonds. The van der Waals surface area contributed by atoms with E-state index in [4.69, 9.17) is 9.97 Å². The average Bonchev–Trinajstić information content (AvgIpc) is 3.53. The van der Waals surface area contributed by atoms with Gasteiger partial charge in [0.2, 0.25) is 11.6 Å². The van der Waals surface area contributed by atoms with Gasteiger partial charge in [-0.25, -0.2) is 14.5 Å². The van der Waals surface area contributed by atoms with Crippen molar-refractivity contribution in [2.45, 2.75) is 0 Å². The molecule has 0 atom stereocenters. The Kier molecular flexibility index (Phi) is 4.57. The number of imidazole rings is 2. The van der Waals surface area contributed by atoms with E-state index in [0.29, 0.717) is 22.7 Å². The second-order valence-electron chi connectivity index (χ2n) is 9.54. The normalized spacial score (nSPS) is 11.7. The van der Waals surface area contributed by atoms with Crippen molar-refractivity contribution in [3.05, 3.63) is 139 Å². The molecule has 0 aliphatic rings. The maximum absolute atomic E-state index is 13.4. The zero-order valence-corrected chi connectivity index (χ0v) is 20.8. The molecule has 6 nitrogen and oxygen atoms in total. The van der Waals surface area contributed by atoms with Crippen molar-refractivity contribution in [1.29, 1.82) is 0 Å². The topological polar surface area (TPSA) is 56.6 Å². The van der Waals surface area contributed by atoms with Gasteiger partial charge in [-0.3, -0.25) is 13.6 Å². The Morgan fingerprint density at radius 2 is 0.974 bits per heavy atom. The molecule has 184 valence electrons. The molecule has 3 aromatic heterocycles. The van der Waals surface area contributed by atoms with Gasteiger partial charge in [0.05, 0.1) is 38.8 Å². The third-order valence-corrected chi connectivity index (χ3v) is 7.25. The summed E-state index contributed by atoms with van der Waals surface area (Å²) >= 11 is 0. The monoisotopic (exact) mass is 503 g/mol. The van der Waals surface area contributed by atoms with Crippen LogP contribution in [0.1, 0.15) is 15.9 Å². The first-order valence-corrected chi connectivity index (χ1v) is 12.8. The van der Waals surface area contributed by atoms with Gasteiger partial charge in [0.25, 0.3) is 0 Å². The summed E-state index contributed by atoms with van der Waals surface area (Å²) in [6.45, 7) is 0. The van der Waals surface area contributed by atoms with Gasteiger partial charge in [0, 0.05) is 11.1 Å². The van der Waals surface area contributed by atoms with Crippen LogP contribution in [0, 0.1) is 0 Å². The molecule has 0 aliphatic heterocycles. The van der Waals surface area contributed by atoms with E-state index in [1.165, 1.54) is 0 Å². The molecule has 0 aliphatic carbocycles. The highest BCUT2D eigenvalue weighted by molar-refractivity contribution is 6.09. The fourth-order valence-corrected chi connectivity index (χ4v) is 5.51. The average molecular weight is 504 g/mol. The quantitative estimate of drug-likeness (QED) is 0.243. The lowest BCUT2D eigenvalue weighted by molar-refractivity contribution is 0.103. The van der Waals surface area contributed by atoms with Gasteiger partial charge in [-0.15, -0.1) is 0 Å². The van der Waals surface area contributed by atoms with Crippen molar-refractivity contribution in [1.82, 2.24) is 23.3 Å². The maximum Gasteiger partial charge on any atom is 0.223 e. The molecule has 3 heterocycles. The molecule has 0 fully saturated rings. The van der Waals surface area contributed by atoms with E-state index in [2.05, 4.69) is 37.6 Å². The molecule has 0 saturated carbocycles. The molecular formula is C33H21N5O. The molecule has 0 saturated heterocycles. The van der Waals surface area contributed by atoms with Crippen LogP contribution < -0.4 is 0 Å². The van der Waals surface area contributed by atoms with Crippen molar-refractivity contribution in [2.75, 3.05) is 0 Å². The number of aromatic nitrogens is 5. The molecule has 6 heteroatoms. The first kappa shape index (κ1) is 21.6. The molecule has 5 aromatic carbocycles. The van der Waals surface area contributed by atoms with Gasteiger partial charge in [0.1, 0.15) is 0 Å². The minimum Gasteiger partial charge on any atom is -0.289 e. The Morgan fingerprint density at radius 3 is 1.56 bits per heavy atom. The number of carbonyl (C=O) groups is 1. The fourth-order valence-electron chi connectivity index (χ4n) is 5.51. The lowest BCUT2D eigenvalue weighted by atomic mass is 10.0. The lowest BCUT2D eigenvalue weighted by Gasteiger charge is -2.09. The molecule has 8 rings (SSSR count). The van der Waals surface area contributed by atoms with E-state index in [9.17, 15) is 4.79 Å². The molecule has 0 spiro atoms. The maximum atomic E-state index is 13.4. The predicted octanol–water partition coefficient (Wildman–Crippen LogP) is 7.03. The minimum atomic E-state index is -0.0300. The number of para-hydroxylation sites is 6. The second kappa shape index (κ2) is 8.26. The molecule has 39 heavy (non-hydrogen) atoms. The molecule has 0 radical (unpaired) electrons. The first-order valence-electron chi connectivity index (χ1n) is 12.8. The summed E-state index contributed by atoms with van der Waals surface area (Å²) in [5.41, 5.74) is 7.82. The first-order chi connectivity index (χ1) is 19.3. The summed E-state index contributed by atoms with van der Waals surface area (Å²) < 4.78 is 6.42. The minimum absolute atomic E-state index is 0.0300. The van der Waals surface area contributed by atoms with Crippen molar-refractivity contribution in [3.8, 4) is 5.69 Å². The molecule has 0 N–H and O–H groups in total. The van der Waals surface area contributed by atoms with Gasteiger partial charge >= 0.3 is 0 Å². The summed E-state index contributed by atoms with van der Waals surface area (Å²) in [6, 6.07) is 41.7. The number of hydrogen-bond donors (Lipinski definition) is 0. The van der Waals surface area contributed by atoms with Crippen LogP contribution in [0.25, 0.3) is 50.3 Å². The van der Waals surface area contributed by atoms with Crippen LogP contribution in [0.5, 0.6) is 0 Å². The van der Waals surface area contributed by atoms with Crippen LogP contribution in [0.4, 0.5) is 0 Å². The van der Waals surface area contributed by atoms with Crippen molar-refractivity contribution in [2.24, 2.45) is 0 Å². The number of nitrogens with zero attached hydrogens (tertiary/aromatic N) is 5. The van der Waals surface area contributed by atoms with Crippen molar-refractivity contribution in [3.63, 3.8) is 0 Å². The number of benzene rings is 5. The largest absolute Gasteiger partial charge is 0.289 e. The van der Waals surface area contributed by atoms with Crippen LogP contribution in [-0.2, 0) is 0 Å². The number of carbonyl (C=O) groups excluding carboxylic acids is 1. The van der Waals surface area contributed by atoms with Crippen LogP contribution in [0.3, 0.4) is 0 Å². The van der Waals surface area contributed by atoms with Crippen LogP contribution in [-0.4, -0.2) is 29.1 Å².